The second kappa shape index (κ2) is 8.66. The van der Waals surface area contributed by atoms with Crippen LogP contribution in [0.4, 0.5) is 0 Å². The van der Waals surface area contributed by atoms with E-state index in [0.717, 1.165) is 5.56 Å². The third kappa shape index (κ3) is 4.35. The zero-order valence-electron chi connectivity index (χ0n) is 17.8. The van der Waals surface area contributed by atoms with Gasteiger partial charge < -0.3 is 20.4 Å². The molecule has 0 fully saturated rings. The van der Waals surface area contributed by atoms with E-state index in [9.17, 15) is 14.4 Å². The number of nitrogens with one attached hydrogen (secondary N) is 2. The highest BCUT2D eigenvalue weighted by molar-refractivity contribution is 6.01. The summed E-state index contributed by atoms with van der Waals surface area (Å²) in [6, 6.07) is 11.0. The van der Waals surface area contributed by atoms with Crippen molar-refractivity contribution in [2.24, 2.45) is 0 Å². The summed E-state index contributed by atoms with van der Waals surface area (Å²) in [4.78, 5) is 41.6. The van der Waals surface area contributed by atoms with Crippen molar-refractivity contribution < 1.29 is 14.4 Å². The summed E-state index contributed by atoms with van der Waals surface area (Å²) in [7, 11) is 5.43. The van der Waals surface area contributed by atoms with Crippen molar-refractivity contribution in [2.45, 2.75) is 25.6 Å². The number of hydrogen-bond acceptors (Lipinski definition) is 5. The highest BCUT2D eigenvalue weighted by atomic mass is 16.2. The molecule has 2 aromatic rings. The first-order valence-electron chi connectivity index (χ1n) is 9.83. The summed E-state index contributed by atoms with van der Waals surface area (Å²) >= 11 is 0. The van der Waals surface area contributed by atoms with E-state index in [4.69, 9.17) is 0 Å². The van der Waals surface area contributed by atoms with Crippen LogP contribution < -0.4 is 10.6 Å². The zero-order valence-corrected chi connectivity index (χ0v) is 17.8. The van der Waals surface area contributed by atoms with Gasteiger partial charge in [0.2, 0.25) is 5.91 Å². The molecule has 3 amide bonds. The molecule has 30 heavy (non-hydrogen) atoms. The van der Waals surface area contributed by atoms with Crippen molar-refractivity contribution in [1.82, 2.24) is 30.2 Å². The summed E-state index contributed by atoms with van der Waals surface area (Å²) in [6.07, 6.45) is 0. The Morgan fingerprint density at radius 2 is 1.90 bits per heavy atom. The molecule has 0 saturated carbocycles. The topological polar surface area (TPSA) is 99.6 Å². The van der Waals surface area contributed by atoms with Crippen molar-refractivity contribution >= 4 is 17.7 Å². The largest absolute Gasteiger partial charge is 0.350 e. The molecule has 0 radical (unpaired) electrons. The minimum atomic E-state index is -1.12. The van der Waals surface area contributed by atoms with Gasteiger partial charge in [0.05, 0.1) is 6.54 Å². The van der Waals surface area contributed by atoms with E-state index in [2.05, 4.69) is 15.7 Å². The van der Waals surface area contributed by atoms with Gasteiger partial charge >= 0.3 is 0 Å². The molecule has 3 rings (SSSR count). The minimum absolute atomic E-state index is 0.163. The van der Waals surface area contributed by atoms with E-state index >= 15 is 0 Å². The van der Waals surface area contributed by atoms with Gasteiger partial charge in [-0.05, 0) is 26.6 Å². The third-order valence-electron chi connectivity index (χ3n) is 5.36. The van der Waals surface area contributed by atoms with Crippen molar-refractivity contribution in [3.63, 3.8) is 0 Å². The predicted octanol–water partition coefficient (Wildman–Crippen LogP) is 0.335. The Hall–Kier alpha value is -3.20. The van der Waals surface area contributed by atoms with Crippen LogP contribution in [0, 0.1) is 0 Å². The van der Waals surface area contributed by atoms with Crippen LogP contribution in [0.1, 0.15) is 33.5 Å². The number of carbonyl (C=O) groups is 3. The van der Waals surface area contributed by atoms with Crippen LogP contribution >= 0.6 is 0 Å². The average Bonchev–Trinajstić information content (AvgIpc) is 3.14. The highest BCUT2D eigenvalue weighted by Crippen LogP contribution is 2.26. The Balaban J connectivity index is 1.73. The Bertz CT molecular complexity index is 939. The number of fused-ring (bicyclic) bond motifs is 1. The van der Waals surface area contributed by atoms with Gasteiger partial charge in [-0.25, -0.2) is 0 Å². The van der Waals surface area contributed by atoms with Gasteiger partial charge in [0, 0.05) is 32.7 Å². The molecule has 160 valence electrons. The summed E-state index contributed by atoms with van der Waals surface area (Å²) in [5, 5.41) is 9.98. The maximum absolute atomic E-state index is 13.0. The first-order valence-corrected chi connectivity index (χ1v) is 9.83. The van der Waals surface area contributed by atoms with E-state index in [1.54, 1.807) is 14.0 Å². The molecule has 0 spiro atoms. The fraction of sp³-hybridized carbons (Fsp3) is 0.429. The lowest BCUT2D eigenvalue weighted by Crippen LogP contribution is -2.62. The summed E-state index contributed by atoms with van der Waals surface area (Å²) in [5.74, 6) is -0.969. The van der Waals surface area contributed by atoms with Gasteiger partial charge in [-0.3, -0.25) is 19.1 Å². The van der Waals surface area contributed by atoms with Crippen LogP contribution in [0.25, 0.3) is 0 Å². The van der Waals surface area contributed by atoms with Gasteiger partial charge in [0.25, 0.3) is 11.8 Å². The van der Waals surface area contributed by atoms with Gasteiger partial charge in [0.15, 0.2) is 5.69 Å². The summed E-state index contributed by atoms with van der Waals surface area (Å²) in [5.41, 5.74) is 0.308. The standard InChI is InChI=1S/C21H28N6O3/c1-21(20(30)23-13-15-8-6-5-7-9-15)14-27-17(19(29)26(21)4)12-16(24-27)18(28)22-10-11-25(2)3/h5-9,12H,10-11,13-14H2,1-4H3,(H,22,28)(H,23,30)/t21-/m1/s1. The molecule has 1 aliphatic rings. The van der Waals surface area contributed by atoms with Gasteiger partial charge in [-0.2, -0.15) is 5.10 Å². The molecule has 1 aromatic carbocycles. The van der Waals surface area contributed by atoms with Crippen LogP contribution in [-0.2, 0) is 17.9 Å². The molecule has 9 nitrogen and oxygen atoms in total. The lowest BCUT2D eigenvalue weighted by molar-refractivity contribution is -0.132. The van der Waals surface area contributed by atoms with Gasteiger partial charge in [0.1, 0.15) is 11.2 Å². The fourth-order valence-electron chi connectivity index (χ4n) is 3.29. The minimum Gasteiger partial charge on any atom is -0.350 e. The number of carbonyl (C=O) groups excluding carboxylic acids is 3. The number of benzene rings is 1. The Kier molecular flexibility index (Phi) is 6.21. The van der Waals surface area contributed by atoms with E-state index in [1.165, 1.54) is 15.6 Å². The monoisotopic (exact) mass is 412 g/mol. The molecule has 0 saturated heterocycles. The second-order valence-electron chi connectivity index (χ2n) is 7.94. The Labute approximate surface area is 176 Å². The maximum Gasteiger partial charge on any atom is 0.272 e. The van der Waals surface area contributed by atoms with Crippen molar-refractivity contribution in [3.8, 4) is 0 Å². The van der Waals surface area contributed by atoms with Crippen LogP contribution in [0.15, 0.2) is 36.4 Å². The fourth-order valence-corrected chi connectivity index (χ4v) is 3.29. The van der Waals surface area contributed by atoms with Crippen LogP contribution in [0.3, 0.4) is 0 Å². The lowest BCUT2D eigenvalue weighted by atomic mass is 9.96. The second-order valence-corrected chi connectivity index (χ2v) is 7.94. The molecule has 0 bridgehead atoms. The van der Waals surface area contributed by atoms with E-state index in [1.807, 2.05) is 49.3 Å². The number of aromatic nitrogens is 2. The number of amides is 3. The lowest BCUT2D eigenvalue weighted by Gasteiger charge is -2.40. The zero-order chi connectivity index (χ0) is 21.9. The van der Waals surface area contributed by atoms with Gasteiger partial charge in [-0.15, -0.1) is 0 Å². The SMILES string of the molecule is CN(C)CCNC(=O)c1cc2n(n1)C[C@](C)(C(=O)NCc1ccccc1)N(C)C2=O. The molecular weight excluding hydrogens is 384 g/mol. The first-order chi connectivity index (χ1) is 14.2. The molecule has 2 heterocycles. The molecule has 0 unspecified atom stereocenters. The van der Waals surface area contributed by atoms with Crippen molar-refractivity contribution in [2.75, 3.05) is 34.2 Å². The van der Waals surface area contributed by atoms with E-state index < -0.39 is 5.54 Å². The van der Waals surface area contributed by atoms with Crippen LogP contribution in [0.5, 0.6) is 0 Å². The van der Waals surface area contributed by atoms with E-state index in [-0.39, 0.29) is 30.0 Å². The molecule has 9 heteroatoms. The smallest absolute Gasteiger partial charge is 0.272 e. The molecule has 1 aromatic heterocycles. The average molecular weight is 412 g/mol. The van der Waals surface area contributed by atoms with Crippen molar-refractivity contribution in [3.05, 3.63) is 53.3 Å². The molecule has 1 atom stereocenters. The number of rotatable bonds is 7. The Morgan fingerprint density at radius 3 is 2.57 bits per heavy atom. The first kappa shape index (κ1) is 21.5. The Morgan fingerprint density at radius 1 is 1.20 bits per heavy atom. The molecule has 1 aliphatic heterocycles. The quantitative estimate of drug-likeness (QED) is 0.683. The predicted molar refractivity (Wildman–Crippen MR) is 112 cm³/mol. The van der Waals surface area contributed by atoms with Crippen LogP contribution in [-0.4, -0.2) is 77.1 Å². The molecule has 0 aliphatic carbocycles. The summed E-state index contributed by atoms with van der Waals surface area (Å²) in [6.45, 7) is 3.40. The normalized spacial score (nSPS) is 18.3. The number of nitrogens with zero attached hydrogens (tertiary/aromatic N) is 4. The van der Waals surface area contributed by atoms with Crippen molar-refractivity contribution in [1.29, 1.82) is 0 Å². The van der Waals surface area contributed by atoms with Gasteiger partial charge in [-0.1, -0.05) is 30.3 Å². The third-order valence-corrected chi connectivity index (χ3v) is 5.36. The number of hydrogen-bond donors (Lipinski definition) is 2. The molecule has 2 N–H and O–H groups in total. The molecular formula is C21H28N6O3. The van der Waals surface area contributed by atoms with Crippen LogP contribution in [0.2, 0.25) is 0 Å². The number of likely N-dealkylation sites (N-methyl/N-ethyl adjacent to an activating group) is 2. The maximum atomic E-state index is 13.0. The van der Waals surface area contributed by atoms with E-state index in [0.29, 0.717) is 25.3 Å². The summed E-state index contributed by atoms with van der Waals surface area (Å²) < 4.78 is 1.45. The highest BCUT2D eigenvalue weighted by Gasteiger charge is 2.46.